The van der Waals surface area contributed by atoms with Crippen molar-refractivity contribution in [3.05, 3.63) is 0 Å². The quantitative estimate of drug-likeness (QED) is 0.244. The van der Waals surface area contributed by atoms with Crippen molar-refractivity contribution in [1.29, 1.82) is 0 Å². The largest absolute Gasteiger partial charge is 0.460 e. The molecule has 146 valence electrons. The van der Waals surface area contributed by atoms with E-state index in [9.17, 15) is 57.1 Å². The van der Waals surface area contributed by atoms with Gasteiger partial charge in [0.05, 0.1) is 0 Å². The summed E-state index contributed by atoms with van der Waals surface area (Å²) >= 11 is 5.60. The van der Waals surface area contributed by atoms with Gasteiger partial charge in [-0.3, -0.25) is 0 Å². The monoisotopic (exact) mass is 582 g/mol. The van der Waals surface area contributed by atoms with E-state index in [2.05, 4.69) is 15.9 Å². The summed E-state index contributed by atoms with van der Waals surface area (Å²) in [7, 11) is 0. The third-order valence-corrected chi connectivity index (χ3v) is 6.46. The highest BCUT2D eigenvalue weighted by molar-refractivity contribution is 9.26. The molecule has 0 nitrogen and oxygen atoms in total. The average molecular weight is 585 g/mol. The highest BCUT2D eigenvalue weighted by Gasteiger charge is 2.92. The maximum atomic E-state index is 13.5. The molecule has 0 aliphatic carbocycles. The molecule has 0 unspecified atom stereocenters. The van der Waals surface area contributed by atoms with E-state index in [0.29, 0.717) is 0 Å². The van der Waals surface area contributed by atoms with Crippen molar-refractivity contribution in [2.75, 3.05) is 5.33 Å². The molecule has 24 heavy (non-hydrogen) atoms. The van der Waals surface area contributed by atoms with Crippen molar-refractivity contribution < 1.29 is 57.1 Å². The molecule has 0 rings (SSSR count). The number of hydrogen-bond acceptors (Lipinski definition) is 0. The summed E-state index contributed by atoms with van der Waals surface area (Å²) in [6.45, 7) is 0. The molecule has 0 spiro atoms. The van der Waals surface area contributed by atoms with Crippen LogP contribution in [0.4, 0.5) is 57.1 Å². The molecule has 0 saturated heterocycles. The lowest BCUT2D eigenvalue weighted by molar-refractivity contribution is -0.439. The van der Waals surface area contributed by atoms with Crippen LogP contribution in [0.5, 0.6) is 0 Å². The third kappa shape index (κ3) is 3.16. The van der Waals surface area contributed by atoms with Gasteiger partial charge in [0.1, 0.15) is 0 Å². The zero-order valence-corrected chi connectivity index (χ0v) is 15.0. The zero-order valence-electron chi connectivity index (χ0n) is 10.3. The minimum absolute atomic E-state index is 1.36. The Labute approximate surface area is 149 Å². The highest BCUT2D eigenvalue weighted by Crippen LogP contribution is 2.63. The van der Waals surface area contributed by atoms with Gasteiger partial charge in [-0.2, -0.15) is 57.1 Å². The second-order valence-electron chi connectivity index (χ2n) is 4.21. The minimum atomic E-state index is -7.90. The molecular formula is C8H2Br3F13. The van der Waals surface area contributed by atoms with Crippen LogP contribution in [0.2, 0.25) is 0 Å². The summed E-state index contributed by atoms with van der Waals surface area (Å²) in [5.74, 6) is -37.0. The molecule has 0 saturated carbocycles. The van der Waals surface area contributed by atoms with Crippen LogP contribution in [0.1, 0.15) is 0 Å². The lowest BCUT2D eigenvalue weighted by atomic mass is 9.93. The topological polar surface area (TPSA) is 0 Å². The normalized spacial score (nSPS) is 16.5. The summed E-state index contributed by atoms with van der Waals surface area (Å²) < 4.78 is 163. The maximum Gasteiger partial charge on any atom is 0.460 e. The van der Waals surface area contributed by atoms with Gasteiger partial charge in [0.15, 0.2) is 3.23 Å². The first-order valence-electron chi connectivity index (χ1n) is 4.96. The summed E-state index contributed by atoms with van der Waals surface area (Å²) in [5.41, 5.74) is 0. The predicted octanol–water partition coefficient (Wildman–Crippen LogP) is 6.61. The van der Waals surface area contributed by atoms with Crippen LogP contribution in [-0.2, 0) is 0 Å². The fraction of sp³-hybridized carbons (Fsp3) is 1.00. The van der Waals surface area contributed by atoms with Crippen LogP contribution < -0.4 is 0 Å². The van der Waals surface area contributed by atoms with E-state index in [1.807, 2.05) is 0 Å². The van der Waals surface area contributed by atoms with E-state index in [0.717, 1.165) is 0 Å². The molecule has 0 radical (unpaired) electrons. The van der Waals surface area contributed by atoms with Crippen LogP contribution in [0.15, 0.2) is 0 Å². The molecule has 0 N–H and O–H groups in total. The lowest BCUT2D eigenvalue weighted by Gasteiger charge is -2.42. The van der Waals surface area contributed by atoms with E-state index in [-0.39, 0.29) is 0 Å². The molecule has 0 atom stereocenters. The summed E-state index contributed by atoms with van der Waals surface area (Å²) in [6.07, 6.45) is -7.42. The fourth-order valence-corrected chi connectivity index (χ4v) is 1.93. The summed E-state index contributed by atoms with van der Waals surface area (Å²) in [5, 5.41) is -1.36. The van der Waals surface area contributed by atoms with Gasteiger partial charge >= 0.3 is 35.8 Å². The van der Waals surface area contributed by atoms with Crippen LogP contribution in [-0.4, -0.2) is 44.4 Å². The van der Waals surface area contributed by atoms with Crippen molar-refractivity contribution >= 4 is 47.8 Å². The number of rotatable bonds is 6. The Kier molecular flexibility index (Phi) is 6.44. The Morgan fingerprint density at radius 3 is 0.958 bits per heavy atom. The molecular weight excluding hydrogens is 583 g/mol. The SMILES string of the molecule is FC(F)(F)C(F)(F)C(F)(F)C(F)(F)C(F)(F)C(F)(F)C(Br)(Br)CBr. The van der Waals surface area contributed by atoms with Crippen LogP contribution in [0.25, 0.3) is 0 Å². The molecule has 0 heterocycles. The smallest absolute Gasteiger partial charge is 0.197 e. The Bertz CT molecular complexity index is 466. The molecule has 0 amide bonds. The second kappa shape index (κ2) is 6.30. The molecule has 16 heteroatoms. The highest BCUT2D eigenvalue weighted by atomic mass is 79.9. The number of halogens is 16. The van der Waals surface area contributed by atoms with Crippen molar-refractivity contribution in [3.63, 3.8) is 0 Å². The van der Waals surface area contributed by atoms with Crippen molar-refractivity contribution in [3.8, 4) is 0 Å². The summed E-state index contributed by atoms with van der Waals surface area (Å²) in [4.78, 5) is 0. The Morgan fingerprint density at radius 2 is 0.708 bits per heavy atom. The standard InChI is InChI=1S/C8H2Br3F13/c9-1-2(10,11)3(12,13)4(14,15)5(16,17)6(18,19)7(20,21)8(22,23)24/h1H2. The van der Waals surface area contributed by atoms with E-state index < -0.39 is 44.4 Å². The first-order valence-corrected chi connectivity index (χ1v) is 7.66. The number of alkyl halides is 16. The van der Waals surface area contributed by atoms with Gasteiger partial charge in [-0.05, 0) is 0 Å². The van der Waals surface area contributed by atoms with E-state index in [1.165, 1.54) is 0 Å². The first-order chi connectivity index (χ1) is 10.1. The third-order valence-electron chi connectivity index (χ3n) is 2.56. The Balaban J connectivity index is 6.42. The molecule has 0 bridgehead atoms. The summed E-state index contributed by atoms with van der Waals surface area (Å²) in [6, 6.07) is 0. The Hall–Kier alpha value is 0.530. The Morgan fingerprint density at radius 1 is 0.458 bits per heavy atom. The van der Waals surface area contributed by atoms with Gasteiger partial charge in [-0.15, -0.1) is 0 Å². The second-order valence-corrected chi connectivity index (χ2v) is 8.54. The average Bonchev–Trinajstić information content (AvgIpc) is 2.36. The predicted molar refractivity (Wildman–Crippen MR) is 65.2 cm³/mol. The van der Waals surface area contributed by atoms with Gasteiger partial charge < -0.3 is 0 Å². The zero-order chi connectivity index (χ0) is 20.2. The van der Waals surface area contributed by atoms with Crippen LogP contribution in [0.3, 0.4) is 0 Å². The van der Waals surface area contributed by atoms with Crippen LogP contribution in [0, 0.1) is 0 Å². The molecule has 0 aromatic rings. The van der Waals surface area contributed by atoms with Gasteiger partial charge in [0.25, 0.3) is 0 Å². The van der Waals surface area contributed by atoms with Crippen molar-refractivity contribution in [2.45, 2.75) is 39.0 Å². The van der Waals surface area contributed by atoms with E-state index in [1.54, 1.807) is 31.9 Å². The van der Waals surface area contributed by atoms with Crippen LogP contribution >= 0.6 is 47.8 Å². The van der Waals surface area contributed by atoms with Gasteiger partial charge in [-0.1, -0.05) is 47.8 Å². The van der Waals surface area contributed by atoms with Crippen molar-refractivity contribution in [2.24, 2.45) is 0 Å². The van der Waals surface area contributed by atoms with E-state index >= 15 is 0 Å². The molecule has 0 aliphatic heterocycles. The molecule has 0 fully saturated rings. The minimum Gasteiger partial charge on any atom is -0.197 e. The first kappa shape index (κ1) is 24.5. The van der Waals surface area contributed by atoms with Gasteiger partial charge in [0.2, 0.25) is 0 Å². The molecule has 0 aromatic carbocycles. The molecule has 0 aliphatic rings. The number of hydrogen-bond donors (Lipinski definition) is 0. The fourth-order valence-electron chi connectivity index (χ4n) is 1.08. The molecule has 0 aromatic heterocycles. The van der Waals surface area contributed by atoms with Crippen molar-refractivity contribution in [1.82, 2.24) is 0 Å². The lowest BCUT2D eigenvalue weighted by Crippen LogP contribution is -2.72. The van der Waals surface area contributed by atoms with Gasteiger partial charge in [-0.25, -0.2) is 0 Å². The maximum absolute atomic E-state index is 13.5. The van der Waals surface area contributed by atoms with Gasteiger partial charge in [0, 0.05) is 5.33 Å². The van der Waals surface area contributed by atoms with E-state index in [4.69, 9.17) is 0 Å².